The number of hydrogen-bond acceptors (Lipinski definition) is 4. The molecule has 2 atom stereocenters. The Morgan fingerprint density at radius 1 is 1.29 bits per heavy atom. The Kier molecular flexibility index (Phi) is 4.86. The Hall–Kier alpha value is -0.650. The molecule has 5 N–H and O–H groups in total. The van der Waals surface area contributed by atoms with E-state index in [1.165, 1.54) is 0 Å². The van der Waals surface area contributed by atoms with Crippen LogP contribution in [0.3, 0.4) is 0 Å². The number of carboxylic acid groups (broad SMARTS) is 1. The molecule has 14 heavy (non-hydrogen) atoms. The Morgan fingerprint density at radius 3 is 2.29 bits per heavy atom. The number of nitrogens with one attached hydrogen (secondary N) is 2. The van der Waals surface area contributed by atoms with Gasteiger partial charge in [-0.2, -0.15) is 0 Å². The van der Waals surface area contributed by atoms with Crippen LogP contribution in [0.15, 0.2) is 0 Å². The highest BCUT2D eigenvalue weighted by Crippen LogP contribution is 2.02. The largest absolute Gasteiger partial charge is 0.481 e. The summed E-state index contributed by atoms with van der Waals surface area (Å²) in [5.41, 5.74) is 5.45. The van der Waals surface area contributed by atoms with Crippen molar-refractivity contribution >= 4 is 5.97 Å². The van der Waals surface area contributed by atoms with Crippen molar-refractivity contribution in [1.29, 1.82) is 0 Å². The monoisotopic (exact) mass is 201 g/mol. The van der Waals surface area contributed by atoms with E-state index in [0.717, 1.165) is 19.5 Å². The van der Waals surface area contributed by atoms with Crippen LogP contribution in [0.5, 0.6) is 0 Å². The standard InChI is InChI=1S/C9H19N3O2/c10-4-3-8-6-11-7(5-12-8)1-2-9(13)14/h7-8,11-12H,1-6,10H2,(H,13,14)/t7-,8-/m0/s1. The smallest absolute Gasteiger partial charge is 0.303 e. The van der Waals surface area contributed by atoms with Gasteiger partial charge < -0.3 is 21.5 Å². The maximum absolute atomic E-state index is 10.3. The maximum atomic E-state index is 10.3. The highest BCUT2D eigenvalue weighted by Gasteiger charge is 2.19. The summed E-state index contributed by atoms with van der Waals surface area (Å²) in [5, 5.41) is 15.2. The van der Waals surface area contributed by atoms with Crippen LogP contribution in [0.1, 0.15) is 19.3 Å². The highest BCUT2D eigenvalue weighted by molar-refractivity contribution is 5.66. The van der Waals surface area contributed by atoms with Crippen molar-refractivity contribution in [2.24, 2.45) is 5.73 Å². The van der Waals surface area contributed by atoms with Gasteiger partial charge in [0.15, 0.2) is 0 Å². The van der Waals surface area contributed by atoms with Crippen LogP contribution in [-0.2, 0) is 4.79 Å². The Balaban J connectivity index is 2.12. The Labute approximate surface area is 84.0 Å². The predicted octanol–water partition coefficient (Wildman–Crippen LogP) is -0.870. The minimum atomic E-state index is -0.726. The molecule has 0 aromatic heterocycles. The summed E-state index contributed by atoms with van der Waals surface area (Å²) in [6.45, 7) is 2.43. The molecule has 0 aliphatic carbocycles. The number of carbonyl (C=O) groups is 1. The van der Waals surface area contributed by atoms with Gasteiger partial charge in [-0.1, -0.05) is 0 Å². The summed E-state index contributed by atoms with van der Waals surface area (Å²) in [7, 11) is 0. The molecule has 0 unspecified atom stereocenters. The number of nitrogens with two attached hydrogens (primary N) is 1. The van der Waals surface area contributed by atoms with E-state index in [-0.39, 0.29) is 6.42 Å². The lowest BCUT2D eigenvalue weighted by Crippen LogP contribution is -2.54. The Morgan fingerprint density at radius 2 is 1.86 bits per heavy atom. The molecule has 0 bridgehead atoms. The van der Waals surface area contributed by atoms with E-state index < -0.39 is 5.97 Å². The molecule has 0 aromatic carbocycles. The van der Waals surface area contributed by atoms with Crippen LogP contribution < -0.4 is 16.4 Å². The third kappa shape index (κ3) is 4.04. The van der Waals surface area contributed by atoms with Crippen molar-refractivity contribution in [2.75, 3.05) is 19.6 Å². The lowest BCUT2D eigenvalue weighted by atomic mass is 10.1. The van der Waals surface area contributed by atoms with Crippen molar-refractivity contribution in [2.45, 2.75) is 31.3 Å². The van der Waals surface area contributed by atoms with E-state index in [4.69, 9.17) is 10.8 Å². The second kappa shape index (κ2) is 5.95. The molecule has 0 radical (unpaired) electrons. The summed E-state index contributed by atoms with van der Waals surface area (Å²) >= 11 is 0. The summed E-state index contributed by atoms with van der Waals surface area (Å²) in [6, 6.07) is 0.737. The molecule has 1 aliphatic rings. The van der Waals surface area contributed by atoms with Crippen LogP contribution in [-0.4, -0.2) is 42.8 Å². The lowest BCUT2D eigenvalue weighted by Gasteiger charge is -2.30. The third-order valence-corrected chi connectivity index (χ3v) is 2.53. The first kappa shape index (κ1) is 11.4. The average Bonchev–Trinajstić information content (AvgIpc) is 2.17. The van der Waals surface area contributed by atoms with Gasteiger partial charge in [0.25, 0.3) is 0 Å². The summed E-state index contributed by atoms with van der Waals surface area (Å²) in [6.07, 6.45) is 1.90. The molecule has 0 amide bonds. The van der Waals surface area contributed by atoms with E-state index in [1.807, 2.05) is 0 Å². The molecular weight excluding hydrogens is 182 g/mol. The van der Waals surface area contributed by atoms with Gasteiger partial charge in [0, 0.05) is 31.6 Å². The van der Waals surface area contributed by atoms with Crippen LogP contribution in [0, 0.1) is 0 Å². The van der Waals surface area contributed by atoms with E-state index in [2.05, 4.69) is 10.6 Å². The molecule has 1 heterocycles. The number of aliphatic carboxylic acids is 1. The maximum Gasteiger partial charge on any atom is 0.303 e. The molecule has 1 saturated heterocycles. The van der Waals surface area contributed by atoms with Crippen LogP contribution in [0.2, 0.25) is 0 Å². The van der Waals surface area contributed by atoms with Crippen molar-refractivity contribution < 1.29 is 9.90 Å². The van der Waals surface area contributed by atoms with Crippen molar-refractivity contribution in [3.63, 3.8) is 0 Å². The number of hydrogen-bond donors (Lipinski definition) is 4. The SMILES string of the molecule is NCC[C@H]1CN[C@@H](CCC(=O)O)CN1. The highest BCUT2D eigenvalue weighted by atomic mass is 16.4. The molecule has 0 spiro atoms. The fourth-order valence-corrected chi connectivity index (χ4v) is 1.67. The van der Waals surface area contributed by atoms with Crippen LogP contribution in [0.4, 0.5) is 0 Å². The van der Waals surface area contributed by atoms with Gasteiger partial charge in [0.2, 0.25) is 0 Å². The number of carboxylic acids is 1. The van der Waals surface area contributed by atoms with E-state index >= 15 is 0 Å². The lowest BCUT2D eigenvalue weighted by molar-refractivity contribution is -0.137. The minimum absolute atomic E-state index is 0.237. The van der Waals surface area contributed by atoms with E-state index in [1.54, 1.807) is 0 Å². The van der Waals surface area contributed by atoms with Gasteiger partial charge in [-0.05, 0) is 19.4 Å². The van der Waals surface area contributed by atoms with E-state index in [9.17, 15) is 4.79 Å². The first-order valence-electron chi connectivity index (χ1n) is 5.11. The summed E-state index contributed by atoms with van der Waals surface area (Å²) < 4.78 is 0. The average molecular weight is 201 g/mol. The molecule has 5 nitrogen and oxygen atoms in total. The second-order valence-corrected chi connectivity index (χ2v) is 3.72. The van der Waals surface area contributed by atoms with Crippen molar-refractivity contribution in [3.05, 3.63) is 0 Å². The minimum Gasteiger partial charge on any atom is -0.481 e. The molecule has 1 aliphatic heterocycles. The van der Waals surface area contributed by atoms with Gasteiger partial charge >= 0.3 is 5.97 Å². The van der Waals surface area contributed by atoms with Crippen LogP contribution >= 0.6 is 0 Å². The zero-order chi connectivity index (χ0) is 10.4. The molecular formula is C9H19N3O2. The molecule has 1 fully saturated rings. The predicted molar refractivity (Wildman–Crippen MR) is 54.1 cm³/mol. The number of piperazine rings is 1. The van der Waals surface area contributed by atoms with Crippen LogP contribution in [0.25, 0.3) is 0 Å². The fourth-order valence-electron chi connectivity index (χ4n) is 1.67. The van der Waals surface area contributed by atoms with Crippen molar-refractivity contribution in [3.8, 4) is 0 Å². The quantitative estimate of drug-likeness (QED) is 0.464. The Bertz CT molecular complexity index is 179. The second-order valence-electron chi connectivity index (χ2n) is 3.72. The molecule has 0 aromatic rings. The van der Waals surface area contributed by atoms with Gasteiger partial charge in [-0.25, -0.2) is 0 Å². The summed E-state index contributed by atoms with van der Waals surface area (Å²) in [5.74, 6) is -0.726. The van der Waals surface area contributed by atoms with Gasteiger partial charge in [0.05, 0.1) is 0 Å². The normalized spacial score (nSPS) is 27.5. The van der Waals surface area contributed by atoms with Gasteiger partial charge in [-0.3, -0.25) is 4.79 Å². The van der Waals surface area contributed by atoms with E-state index in [0.29, 0.717) is 25.0 Å². The first-order chi connectivity index (χ1) is 6.72. The first-order valence-corrected chi connectivity index (χ1v) is 5.11. The van der Waals surface area contributed by atoms with Crippen molar-refractivity contribution in [1.82, 2.24) is 10.6 Å². The van der Waals surface area contributed by atoms with Gasteiger partial charge in [-0.15, -0.1) is 0 Å². The molecule has 82 valence electrons. The topological polar surface area (TPSA) is 87.4 Å². The fraction of sp³-hybridized carbons (Fsp3) is 0.889. The molecule has 1 rings (SSSR count). The third-order valence-electron chi connectivity index (χ3n) is 2.53. The van der Waals surface area contributed by atoms with Gasteiger partial charge in [0.1, 0.15) is 0 Å². The zero-order valence-corrected chi connectivity index (χ0v) is 8.33. The number of rotatable bonds is 5. The zero-order valence-electron chi connectivity index (χ0n) is 8.33. The summed E-state index contributed by atoms with van der Waals surface area (Å²) in [4.78, 5) is 10.3. The molecule has 5 heteroatoms. The molecule has 0 saturated carbocycles.